The Kier molecular flexibility index (Phi) is 5.85. The van der Waals surface area contributed by atoms with Gasteiger partial charge in [-0.1, -0.05) is 6.07 Å². The summed E-state index contributed by atoms with van der Waals surface area (Å²) >= 11 is 0. The van der Waals surface area contributed by atoms with E-state index in [1.165, 1.54) is 16.4 Å². The Morgan fingerprint density at radius 2 is 1.73 bits per heavy atom. The van der Waals surface area contributed by atoms with E-state index in [9.17, 15) is 18.0 Å². The lowest BCUT2D eigenvalue weighted by atomic mass is 10.1. The molecule has 8 nitrogen and oxygen atoms in total. The smallest absolute Gasteiger partial charge is 0.255 e. The van der Waals surface area contributed by atoms with Gasteiger partial charge in [-0.05, 0) is 48.9 Å². The van der Waals surface area contributed by atoms with Crippen LogP contribution in [0.5, 0.6) is 0 Å². The summed E-state index contributed by atoms with van der Waals surface area (Å²) in [5.41, 5.74) is 1.62. The average molecular weight is 429 g/mol. The fourth-order valence-corrected chi connectivity index (χ4v) is 4.99. The molecule has 0 bridgehead atoms. The maximum atomic E-state index is 12.7. The molecule has 158 valence electrons. The van der Waals surface area contributed by atoms with Crippen molar-refractivity contribution in [2.75, 3.05) is 43.1 Å². The molecule has 2 saturated heterocycles. The van der Waals surface area contributed by atoms with Crippen molar-refractivity contribution in [1.29, 1.82) is 0 Å². The van der Waals surface area contributed by atoms with Gasteiger partial charge < -0.3 is 15.0 Å². The number of amides is 2. The highest BCUT2D eigenvalue weighted by atomic mass is 32.2. The first-order chi connectivity index (χ1) is 14.4. The first-order valence-corrected chi connectivity index (χ1v) is 11.3. The van der Waals surface area contributed by atoms with E-state index in [0.717, 1.165) is 6.42 Å². The van der Waals surface area contributed by atoms with Gasteiger partial charge in [-0.3, -0.25) is 9.59 Å². The summed E-state index contributed by atoms with van der Waals surface area (Å²) in [4.78, 5) is 26.4. The molecule has 0 radical (unpaired) electrons. The van der Waals surface area contributed by atoms with Crippen molar-refractivity contribution < 1.29 is 22.7 Å². The van der Waals surface area contributed by atoms with Gasteiger partial charge >= 0.3 is 0 Å². The molecule has 9 heteroatoms. The van der Waals surface area contributed by atoms with Crippen LogP contribution in [-0.2, 0) is 19.6 Å². The van der Waals surface area contributed by atoms with E-state index in [2.05, 4.69) is 5.32 Å². The summed E-state index contributed by atoms with van der Waals surface area (Å²) in [6.07, 6.45) is 1.34. The Hall–Kier alpha value is -2.75. The second-order valence-electron chi connectivity index (χ2n) is 7.19. The molecule has 1 N–H and O–H groups in total. The van der Waals surface area contributed by atoms with E-state index in [0.29, 0.717) is 56.2 Å². The van der Waals surface area contributed by atoms with Crippen molar-refractivity contribution >= 4 is 33.2 Å². The molecular weight excluding hydrogens is 406 g/mol. The third-order valence-corrected chi connectivity index (χ3v) is 7.13. The number of hydrogen-bond acceptors (Lipinski definition) is 5. The number of ether oxygens (including phenoxy) is 1. The van der Waals surface area contributed by atoms with E-state index in [1.807, 2.05) is 6.07 Å². The number of anilines is 2. The topological polar surface area (TPSA) is 96.0 Å². The van der Waals surface area contributed by atoms with Crippen LogP contribution in [0.3, 0.4) is 0 Å². The number of rotatable bonds is 5. The molecule has 0 saturated carbocycles. The Balaban J connectivity index is 1.46. The lowest BCUT2D eigenvalue weighted by Gasteiger charge is -2.26. The minimum Gasteiger partial charge on any atom is -0.379 e. The van der Waals surface area contributed by atoms with Crippen LogP contribution < -0.4 is 10.2 Å². The first kappa shape index (κ1) is 20.5. The van der Waals surface area contributed by atoms with E-state index in [1.54, 1.807) is 35.2 Å². The summed E-state index contributed by atoms with van der Waals surface area (Å²) < 4.78 is 32.0. The maximum Gasteiger partial charge on any atom is 0.255 e. The van der Waals surface area contributed by atoms with Gasteiger partial charge in [0.25, 0.3) is 5.91 Å². The van der Waals surface area contributed by atoms with Crippen molar-refractivity contribution in [3.05, 3.63) is 54.1 Å². The normalized spacial score (nSPS) is 17.9. The molecule has 2 aromatic carbocycles. The van der Waals surface area contributed by atoms with Gasteiger partial charge in [0.05, 0.1) is 18.1 Å². The van der Waals surface area contributed by atoms with Gasteiger partial charge in [-0.2, -0.15) is 4.31 Å². The van der Waals surface area contributed by atoms with E-state index < -0.39 is 10.0 Å². The predicted octanol–water partition coefficient (Wildman–Crippen LogP) is 2.09. The number of sulfonamides is 1. The molecule has 0 aromatic heterocycles. The molecule has 2 heterocycles. The van der Waals surface area contributed by atoms with Crippen molar-refractivity contribution in [3.8, 4) is 0 Å². The Morgan fingerprint density at radius 1 is 1.00 bits per heavy atom. The lowest BCUT2D eigenvalue weighted by molar-refractivity contribution is -0.117. The zero-order valence-electron chi connectivity index (χ0n) is 16.4. The largest absolute Gasteiger partial charge is 0.379 e. The Morgan fingerprint density at radius 3 is 2.40 bits per heavy atom. The number of morpholine rings is 1. The number of hydrogen-bond donors (Lipinski definition) is 1. The molecule has 0 aliphatic carbocycles. The molecular formula is C21H23N3O5S. The lowest BCUT2D eigenvalue weighted by Crippen LogP contribution is -2.40. The number of carbonyl (C=O) groups excluding carboxylic acids is 2. The van der Waals surface area contributed by atoms with Crippen LogP contribution in [0.1, 0.15) is 23.2 Å². The van der Waals surface area contributed by atoms with E-state index in [4.69, 9.17) is 4.74 Å². The Bertz CT molecular complexity index is 1050. The van der Waals surface area contributed by atoms with Gasteiger partial charge in [-0.15, -0.1) is 0 Å². The van der Waals surface area contributed by atoms with Crippen molar-refractivity contribution in [2.24, 2.45) is 0 Å². The summed E-state index contributed by atoms with van der Waals surface area (Å²) in [5.74, 6) is -0.267. The van der Waals surface area contributed by atoms with Crippen LogP contribution in [0.4, 0.5) is 11.4 Å². The number of benzene rings is 2. The number of nitrogens with zero attached hydrogens (tertiary/aromatic N) is 2. The molecule has 2 aliphatic rings. The molecule has 0 spiro atoms. The molecule has 2 fully saturated rings. The number of nitrogens with one attached hydrogen (secondary N) is 1. The van der Waals surface area contributed by atoms with Crippen LogP contribution in [0.15, 0.2) is 53.4 Å². The highest BCUT2D eigenvalue weighted by Gasteiger charge is 2.26. The van der Waals surface area contributed by atoms with Crippen LogP contribution in [0.25, 0.3) is 0 Å². The predicted molar refractivity (Wildman–Crippen MR) is 112 cm³/mol. The quantitative estimate of drug-likeness (QED) is 0.785. The van der Waals surface area contributed by atoms with Crippen LogP contribution in [0, 0.1) is 0 Å². The molecule has 2 aromatic rings. The minimum absolute atomic E-state index is 0.0598. The van der Waals surface area contributed by atoms with Gasteiger partial charge in [0.2, 0.25) is 15.9 Å². The van der Waals surface area contributed by atoms with Gasteiger partial charge in [0.1, 0.15) is 0 Å². The maximum absolute atomic E-state index is 12.7. The summed E-state index contributed by atoms with van der Waals surface area (Å²) in [7, 11) is -3.58. The number of carbonyl (C=O) groups is 2. The van der Waals surface area contributed by atoms with E-state index in [-0.39, 0.29) is 16.7 Å². The molecule has 0 atom stereocenters. The highest BCUT2D eigenvalue weighted by Crippen LogP contribution is 2.23. The minimum atomic E-state index is -3.58. The third kappa shape index (κ3) is 4.23. The summed E-state index contributed by atoms with van der Waals surface area (Å²) in [6, 6.07) is 13.0. The average Bonchev–Trinajstić information content (AvgIpc) is 3.21. The third-order valence-electron chi connectivity index (χ3n) is 5.21. The standard InChI is InChI=1S/C21H23N3O5S/c25-20-5-2-10-24(20)18-4-1-3-16(15-18)21(26)22-17-6-8-19(9-7-17)30(27,28)23-11-13-29-14-12-23/h1,3-4,6-9,15H,2,5,10-14H2,(H,22,26). The Labute approximate surface area is 175 Å². The van der Waals surface area contributed by atoms with Crippen molar-refractivity contribution in [2.45, 2.75) is 17.7 Å². The monoisotopic (exact) mass is 429 g/mol. The second kappa shape index (κ2) is 8.55. The molecule has 0 unspecified atom stereocenters. The van der Waals surface area contributed by atoms with Crippen LogP contribution >= 0.6 is 0 Å². The molecule has 2 aliphatic heterocycles. The fraction of sp³-hybridized carbons (Fsp3) is 0.333. The fourth-order valence-electron chi connectivity index (χ4n) is 3.59. The zero-order valence-corrected chi connectivity index (χ0v) is 17.2. The zero-order chi connectivity index (χ0) is 21.1. The van der Waals surface area contributed by atoms with Gasteiger partial charge in [0.15, 0.2) is 0 Å². The molecule has 30 heavy (non-hydrogen) atoms. The van der Waals surface area contributed by atoms with Crippen molar-refractivity contribution in [3.63, 3.8) is 0 Å². The SMILES string of the molecule is O=C(Nc1ccc(S(=O)(=O)N2CCOCC2)cc1)c1cccc(N2CCCC2=O)c1. The van der Waals surface area contributed by atoms with Crippen LogP contribution in [0.2, 0.25) is 0 Å². The van der Waals surface area contributed by atoms with Gasteiger partial charge in [0, 0.05) is 43.0 Å². The molecule has 4 rings (SSSR count). The highest BCUT2D eigenvalue weighted by molar-refractivity contribution is 7.89. The summed E-state index contributed by atoms with van der Waals surface area (Å²) in [6.45, 7) is 2.08. The van der Waals surface area contributed by atoms with Gasteiger partial charge in [-0.25, -0.2) is 8.42 Å². The summed E-state index contributed by atoms with van der Waals surface area (Å²) in [5, 5.41) is 2.77. The van der Waals surface area contributed by atoms with E-state index >= 15 is 0 Å². The van der Waals surface area contributed by atoms with Crippen LogP contribution in [-0.4, -0.2) is 57.4 Å². The first-order valence-electron chi connectivity index (χ1n) is 9.85. The molecule has 2 amide bonds. The second-order valence-corrected chi connectivity index (χ2v) is 9.13. The van der Waals surface area contributed by atoms with Crippen molar-refractivity contribution in [1.82, 2.24) is 4.31 Å².